The fourth-order valence-corrected chi connectivity index (χ4v) is 4.92. The number of hydrogen-bond acceptors (Lipinski definition) is 5. The molecule has 1 aliphatic heterocycles. The van der Waals surface area contributed by atoms with Crippen LogP contribution in [0.15, 0.2) is 89.5 Å². The Hall–Kier alpha value is -4.17. The van der Waals surface area contributed by atoms with Crippen molar-refractivity contribution >= 4 is 28.9 Å². The lowest BCUT2D eigenvalue weighted by Gasteiger charge is -2.25. The molecule has 0 bridgehead atoms. The molecule has 8 heteroatoms. The minimum atomic E-state index is -0.263. The predicted octanol–water partition coefficient (Wildman–Crippen LogP) is 6.05. The first-order chi connectivity index (χ1) is 18.5. The van der Waals surface area contributed by atoms with E-state index in [1.54, 1.807) is 6.20 Å². The third-order valence-corrected chi connectivity index (χ3v) is 6.83. The van der Waals surface area contributed by atoms with Gasteiger partial charge in [-0.05, 0) is 86.7 Å². The lowest BCUT2D eigenvalue weighted by atomic mass is 10.0. The summed E-state index contributed by atoms with van der Waals surface area (Å²) < 4.78 is 11.9. The summed E-state index contributed by atoms with van der Waals surface area (Å²) in [6.07, 6.45) is 2.04. The zero-order valence-corrected chi connectivity index (χ0v) is 22.2. The van der Waals surface area contributed by atoms with Gasteiger partial charge in [0, 0.05) is 30.4 Å². The van der Waals surface area contributed by atoms with Crippen LogP contribution >= 0.6 is 12.2 Å². The molecule has 4 aromatic rings. The Morgan fingerprint density at radius 2 is 1.87 bits per heavy atom. The van der Waals surface area contributed by atoms with Crippen molar-refractivity contribution in [3.8, 4) is 17.1 Å². The Labute approximate surface area is 227 Å². The fraction of sp³-hybridized carbons (Fsp3) is 0.233. The van der Waals surface area contributed by atoms with Crippen molar-refractivity contribution in [2.75, 3.05) is 18.5 Å². The second-order valence-corrected chi connectivity index (χ2v) is 9.53. The number of benzene rings is 2. The van der Waals surface area contributed by atoms with Crippen LogP contribution in [0.4, 0.5) is 5.69 Å². The van der Waals surface area contributed by atoms with Crippen LogP contribution in [0.2, 0.25) is 0 Å². The number of thiocarbonyl (C=S) groups is 1. The number of carbonyl (C=O) groups excluding carboxylic acids is 1. The van der Waals surface area contributed by atoms with Gasteiger partial charge < -0.3 is 24.7 Å². The van der Waals surface area contributed by atoms with Gasteiger partial charge in [0.05, 0.1) is 18.3 Å². The van der Waals surface area contributed by atoms with Crippen LogP contribution in [-0.4, -0.2) is 34.1 Å². The largest absolute Gasteiger partial charge is 0.494 e. The summed E-state index contributed by atoms with van der Waals surface area (Å²) in [6.45, 7) is 5.02. The summed E-state index contributed by atoms with van der Waals surface area (Å²) in [4.78, 5) is 19.4. The molecule has 3 heterocycles. The van der Waals surface area contributed by atoms with E-state index >= 15 is 0 Å². The monoisotopic (exact) mass is 526 g/mol. The third kappa shape index (κ3) is 5.70. The Morgan fingerprint density at radius 1 is 1.08 bits per heavy atom. The number of rotatable bonds is 9. The fourth-order valence-electron chi connectivity index (χ4n) is 4.59. The SMILES string of the molecule is CCOc1ccc(-c2ccc([C@@H]3[C@H](c4ccccn4)NC(=S)N3CCC(=O)Nc3ccc(C)cc3)o2)cc1. The molecule has 2 N–H and O–H groups in total. The second-order valence-electron chi connectivity index (χ2n) is 9.14. The summed E-state index contributed by atoms with van der Waals surface area (Å²) in [6, 6.07) is 24.8. The van der Waals surface area contributed by atoms with Gasteiger partial charge in [0.25, 0.3) is 0 Å². The van der Waals surface area contributed by atoms with E-state index in [4.69, 9.17) is 21.4 Å². The lowest BCUT2D eigenvalue weighted by Crippen LogP contribution is -2.32. The van der Waals surface area contributed by atoms with Crippen LogP contribution in [0.1, 0.15) is 42.4 Å². The molecule has 2 aromatic heterocycles. The molecule has 1 saturated heterocycles. The Balaban J connectivity index is 1.37. The standard InChI is InChI=1S/C30H30N4O3S/c1-3-36-23-13-9-21(10-14-23)25-15-16-26(37-25)29-28(24-6-4-5-18-31-24)33-30(38)34(29)19-17-27(35)32-22-11-7-20(2)8-12-22/h4-16,18,28-29H,3,17,19H2,1-2H3,(H,32,35)(H,33,38)/t28-,29+/m0/s1. The minimum absolute atomic E-state index is 0.0776. The number of carbonyl (C=O) groups is 1. The quantitative estimate of drug-likeness (QED) is 0.257. The van der Waals surface area contributed by atoms with E-state index in [0.29, 0.717) is 18.3 Å². The number of aryl methyl sites for hydroxylation is 1. The van der Waals surface area contributed by atoms with E-state index in [9.17, 15) is 4.79 Å². The number of nitrogens with zero attached hydrogens (tertiary/aromatic N) is 2. The maximum Gasteiger partial charge on any atom is 0.226 e. The summed E-state index contributed by atoms with van der Waals surface area (Å²) in [7, 11) is 0. The van der Waals surface area contributed by atoms with Gasteiger partial charge in [-0.15, -0.1) is 0 Å². The molecule has 0 unspecified atom stereocenters. The van der Waals surface area contributed by atoms with Crippen molar-refractivity contribution in [1.29, 1.82) is 0 Å². The van der Waals surface area contributed by atoms with Crippen LogP contribution in [0.5, 0.6) is 5.75 Å². The molecule has 2 aromatic carbocycles. The van der Waals surface area contributed by atoms with Crippen molar-refractivity contribution < 1.29 is 13.9 Å². The van der Waals surface area contributed by atoms with E-state index < -0.39 is 0 Å². The number of hydrogen-bond donors (Lipinski definition) is 2. The molecule has 0 saturated carbocycles. The number of pyridine rings is 1. The third-order valence-electron chi connectivity index (χ3n) is 6.48. The summed E-state index contributed by atoms with van der Waals surface area (Å²) in [5, 5.41) is 6.94. The topological polar surface area (TPSA) is 79.6 Å². The second kappa shape index (κ2) is 11.5. The first kappa shape index (κ1) is 25.5. The van der Waals surface area contributed by atoms with Crippen LogP contribution in [-0.2, 0) is 4.79 Å². The summed E-state index contributed by atoms with van der Waals surface area (Å²) >= 11 is 5.73. The van der Waals surface area contributed by atoms with Crippen molar-refractivity contribution in [3.63, 3.8) is 0 Å². The molecule has 194 valence electrons. The first-order valence-corrected chi connectivity index (χ1v) is 13.1. The summed E-state index contributed by atoms with van der Waals surface area (Å²) in [5.41, 5.74) is 3.72. The molecule has 1 fully saturated rings. The highest BCUT2D eigenvalue weighted by Gasteiger charge is 2.41. The molecule has 0 aliphatic carbocycles. The average Bonchev–Trinajstić information content (AvgIpc) is 3.54. The normalized spacial score (nSPS) is 16.8. The van der Waals surface area contributed by atoms with Crippen molar-refractivity contribution in [2.45, 2.75) is 32.4 Å². The molecule has 0 spiro atoms. The van der Waals surface area contributed by atoms with Crippen molar-refractivity contribution in [3.05, 3.63) is 102 Å². The zero-order chi connectivity index (χ0) is 26.5. The molecular weight excluding hydrogens is 496 g/mol. The number of amides is 1. The van der Waals surface area contributed by atoms with Crippen LogP contribution in [0, 0.1) is 6.92 Å². The van der Waals surface area contributed by atoms with E-state index in [0.717, 1.165) is 39.8 Å². The summed E-state index contributed by atoms with van der Waals surface area (Å²) in [5.74, 6) is 2.23. The van der Waals surface area contributed by atoms with Gasteiger partial charge in [-0.2, -0.15) is 0 Å². The molecule has 0 radical (unpaired) electrons. The number of ether oxygens (including phenoxy) is 1. The molecule has 1 amide bonds. The Morgan fingerprint density at radius 3 is 2.58 bits per heavy atom. The van der Waals surface area contributed by atoms with Gasteiger partial charge >= 0.3 is 0 Å². The smallest absolute Gasteiger partial charge is 0.226 e. The Bertz CT molecular complexity index is 1390. The molecule has 2 atom stereocenters. The number of nitrogens with one attached hydrogen (secondary N) is 2. The highest BCUT2D eigenvalue weighted by Crippen LogP contribution is 2.40. The number of aromatic nitrogens is 1. The van der Waals surface area contributed by atoms with Crippen LogP contribution < -0.4 is 15.4 Å². The van der Waals surface area contributed by atoms with Gasteiger partial charge in [-0.25, -0.2) is 0 Å². The molecule has 7 nitrogen and oxygen atoms in total. The first-order valence-electron chi connectivity index (χ1n) is 12.7. The maximum atomic E-state index is 12.8. The minimum Gasteiger partial charge on any atom is -0.494 e. The van der Waals surface area contributed by atoms with Gasteiger partial charge in [0.15, 0.2) is 5.11 Å². The van der Waals surface area contributed by atoms with Gasteiger partial charge in [0.2, 0.25) is 5.91 Å². The Kier molecular flexibility index (Phi) is 7.70. The molecule has 38 heavy (non-hydrogen) atoms. The molecular formula is C30H30N4O3S. The van der Waals surface area contributed by atoms with Gasteiger partial charge in [0.1, 0.15) is 23.3 Å². The molecule has 1 aliphatic rings. The van der Waals surface area contributed by atoms with E-state index in [-0.39, 0.29) is 24.4 Å². The highest BCUT2D eigenvalue weighted by molar-refractivity contribution is 7.80. The van der Waals surface area contributed by atoms with Gasteiger partial charge in [-0.1, -0.05) is 23.8 Å². The predicted molar refractivity (Wildman–Crippen MR) is 152 cm³/mol. The van der Waals surface area contributed by atoms with Crippen molar-refractivity contribution in [2.24, 2.45) is 0 Å². The van der Waals surface area contributed by atoms with Crippen LogP contribution in [0.25, 0.3) is 11.3 Å². The van der Waals surface area contributed by atoms with E-state index in [2.05, 4.69) is 15.6 Å². The number of anilines is 1. The van der Waals surface area contributed by atoms with E-state index in [1.165, 1.54) is 0 Å². The van der Waals surface area contributed by atoms with Gasteiger partial charge in [-0.3, -0.25) is 9.78 Å². The molecule has 5 rings (SSSR count). The van der Waals surface area contributed by atoms with E-state index in [1.807, 2.05) is 97.6 Å². The number of furan rings is 1. The lowest BCUT2D eigenvalue weighted by molar-refractivity contribution is -0.116. The maximum absolute atomic E-state index is 12.8. The van der Waals surface area contributed by atoms with Crippen molar-refractivity contribution in [1.82, 2.24) is 15.2 Å². The zero-order valence-electron chi connectivity index (χ0n) is 21.4. The highest BCUT2D eigenvalue weighted by atomic mass is 32.1. The average molecular weight is 527 g/mol. The van der Waals surface area contributed by atoms with Crippen LogP contribution in [0.3, 0.4) is 0 Å².